The first kappa shape index (κ1) is 20.4. The Morgan fingerprint density at radius 1 is 1.10 bits per heavy atom. The number of fused-ring (bicyclic) bond motifs is 2. The molecule has 0 fully saturated rings. The van der Waals surface area contributed by atoms with Crippen LogP contribution in [0.5, 0.6) is 0 Å². The van der Waals surface area contributed by atoms with E-state index in [1.165, 1.54) is 17.9 Å². The summed E-state index contributed by atoms with van der Waals surface area (Å²) in [7, 11) is 4.62. The molecule has 158 valence electrons. The Balaban J connectivity index is 1.97. The molecule has 3 aromatic heterocycles. The van der Waals surface area contributed by atoms with E-state index in [4.69, 9.17) is 4.74 Å². The number of pyridine rings is 2. The molecule has 1 N–H and O–H groups in total. The molecule has 0 aliphatic carbocycles. The summed E-state index contributed by atoms with van der Waals surface area (Å²) >= 11 is 0. The molecular weight excluding hydrogens is 398 g/mol. The van der Waals surface area contributed by atoms with Gasteiger partial charge in [-0.1, -0.05) is 12.1 Å². The summed E-state index contributed by atoms with van der Waals surface area (Å²) in [6.07, 6.45) is 3.47. The smallest absolute Gasteiger partial charge is 0.336 e. The zero-order valence-electron chi connectivity index (χ0n) is 17.3. The summed E-state index contributed by atoms with van der Waals surface area (Å²) in [5, 5.41) is 3.68. The fraction of sp³-hybridized carbons (Fsp3) is 0.227. The predicted octanol–water partition coefficient (Wildman–Crippen LogP) is 0.936. The van der Waals surface area contributed by atoms with Crippen molar-refractivity contribution >= 4 is 27.9 Å². The minimum Gasteiger partial charge on any atom is -0.468 e. The minimum atomic E-state index is -0.542. The molecule has 0 saturated heterocycles. The molecule has 0 amide bonds. The Bertz CT molecular complexity index is 1420. The third-order valence-electron chi connectivity index (χ3n) is 5.37. The van der Waals surface area contributed by atoms with Crippen LogP contribution in [0.2, 0.25) is 0 Å². The van der Waals surface area contributed by atoms with E-state index in [1.807, 2.05) is 6.07 Å². The first-order valence-electron chi connectivity index (χ1n) is 9.66. The number of benzene rings is 1. The van der Waals surface area contributed by atoms with Crippen molar-refractivity contribution in [3.05, 3.63) is 75.2 Å². The van der Waals surface area contributed by atoms with Crippen LogP contribution in [-0.2, 0) is 23.0 Å². The summed E-state index contributed by atoms with van der Waals surface area (Å²) in [6.45, 7) is 0. The molecule has 0 saturated carbocycles. The number of methoxy groups -OCH3 is 1. The SMILES string of the molecule is CN[C@@H](Cc1ccc(-n2c(=O)c3ncccc3n(C)c2=O)c2ncccc12)C(=O)OC. The van der Waals surface area contributed by atoms with Gasteiger partial charge in [-0.3, -0.25) is 19.1 Å². The summed E-state index contributed by atoms with van der Waals surface area (Å²) in [4.78, 5) is 46.9. The molecule has 4 aromatic rings. The van der Waals surface area contributed by atoms with Crippen molar-refractivity contribution in [1.29, 1.82) is 0 Å². The minimum absolute atomic E-state index is 0.193. The topological polar surface area (TPSA) is 108 Å². The summed E-state index contributed by atoms with van der Waals surface area (Å²) < 4.78 is 7.33. The van der Waals surface area contributed by atoms with E-state index in [2.05, 4.69) is 15.3 Å². The van der Waals surface area contributed by atoms with Gasteiger partial charge in [0.2, 0.25) is 0 Å². The van der Waals surface area contributed by atoms with Gasteiger partial charge in [0.25, 0.3) is 5.56 Å². The molecule has 0 spiro atoms. The van der Waals surface area contributed by atoms with Crippen molar-refractivity contribution in [2.24, 2.45) is 7.05 Å². The van der Waals surface area contributed by atoms with Gasteiger partial charge < -0.3 is 10.1 Å². The van der Waals surface area contributed by atoms with Crippen LogP contribution in [-0.4, -0.2) is 45.3 Å². The second kappa shape index (κ2) is 8.11. The number of likely N-dealkylation sites (N-methyl/N-ethyl adjacent to an activating group) is 1. The summed E-state index contributed by atoms with van der Waals surface area (Å²) in [6, 6.07) is 9.90. The van der Waals surface area contributed by atoms with Gasteiger partial charge in [0, 0.05) is 24.8 Å². The molecule has 0 bridgehead atoms. The second-order valence-corrected chi connectivity index (χ2v) is 7.07. The van der Waals surface area contributed by atoms with Crippen LogP contribution in [0.3, 0.4) is 0 Å². The Kier molecular flexibility index (Phi) is 5.35. The highest BCUT2D eigenvalue weighted by molar-refractivity contribution is 5.90. The molecule has 3 heterocycles. The molecule has 4 rings (SSSR count). The Hall–Kier alpha value is -3.85. The molecule has 0 radical (unpaired) electrons. The van der Waals surface area contributed by atoms with Crippen LogP contribution in [0.25, 0.3) is 27.6 Å². The highest BCUT2D eigenvalue weighted by atomic mass is 16.5. The lowest BCUT2D eigenvalue weighted by molar-refractivity contribution is -0.142. The normalized spacial score (nSPS) is 12.2. The maximum Gasteiger partial charge on any atom is 0.336 e. The fourth-order valence-corrected chi connectivity index (χ4v) is 3.73. The number of carbonyl (C=O) groups excluding carboxylic acids is 1. The van der Waals surface area contributed by atoms with Crippen LogP contribution in [0, 0.1) is 0 Å². The number of nitrogens with zero attached hydrogens (tertiary/aromatic N) is 4. The number of hydrogen-bond acceptors (Lipinski definition) is 7. The lowest BCUT2D eigenvalue weighted by Crippen LogP contribution is -2.38. The van der Waals surface area contributed by atoms with E-state index in [1.54, 1.807) is 50.6 Å². The van der Waals surface area contributed by atoms with Gasteiger partial charge in [-0.15, -0.1) is 0 Å². The second-order valence-electron chi connectivity index (χ2n) is 7.07. The zero-order valence-corrected chi connectivity index (χ0v) is 17.3. The zero-order chi connectivity index (χ0) is 22.1. The van der Waals surface area contributed by atoms with Gasteiger partial charge in [-0.25, -0.2) is 14.3 Å². The number of nitrogens with one attached hydrogen (secondary N) is 1. The standard InChI is InChI=1S/C22H21N5O4/c1-23-15(21(29)31-3)12-13-8-9-17(18-14(13)6-4-10-24-18)27-20(28)19-16(7-5-11-25-19)26(2)22(27)30/h4-11,15,23H,12H2,1-3H3/t15-/m0/s1. The van der Waals surface area contributed by atoms with E-state index in [0.29, 0.717) is 23.1 Å². The van der Waals surface area contributed by atoms with E-state index in [-0.39, 0.29) is 11.5 Å². The van der Waals surface area contributed by atoms with Gasteiger partial charge in [0.1, 0.15) is 6.04 Å². The maximum atomic E-state index is 13.2. The van der Waals surface area contributed by atoms with Crippen LogP contribution >= 0.6 is 0 Å². The van der Waals surface area contributed by atoms with Gasteiger partial charge in [0.05, 0.1) is 23.8 Å². The number of rotatable bonds is 5. The van der Waals surface area contributed by atoms with Gasteiger partial charge >= 0.3 is 11.7 Å². The molecule has 1 aromatic carbocycles. The molecule has 9 heteroatoms. The Morgan fingerprint density at radius 2 is 1.81 bits per heavy atom. The van der Waals surface area contributed by atoms with Crippen molar-refractivity contribution in [3.8, 4) is 5.69 Å². The van der Waals surface area contributed by atoms with Crippen molar-refractivity contribution in [3.63, 3.8) is 0 Å². The number of ether oxygens (including phenoxy) is 1. The summed E-state index contributed by atoms with van der Waals surface area (Å²) in [5.74, 6) is -0.380. The molecule has 0 aliphatic heterocycles. The first-order chi connectivity index (χ1) is 15.0. The largest absolute Gasteiger partial charge is 0.468 e. The third kappa shape index (κ3) is 3.38. The van der Waals surface area contributed by atoms with Crippen LogP contribution in [0.15, 0.2) is 58.4 Å². The number of carbonyl (C=O) groups is 1. The van der Waals surface area contributed by atoms with Crippen molar-refractivity contribution in [2.45, 2.75) is 12.5 Å². The van der Waals surface area contributed by atoms with Gasteiger partial charge in [-0.2, -0.15) is 0 Å². The Morgan fingerprint density at radius 3 is 2.52 bits per heavy atom. The summed E-state index contributed by atoms with van der Waals surface area (Å²) in [5.41, 5.74) is 1.32. The number of esters is 1. The monoisotopic (exact) mass is 419 g/mol. The highest BCUT2D eigenvalue weighted by Crippen LogP contribution is 2.24. The Labute approximate surface area is 176 Å². The molecule has 9 nitrogen and oxygen atoms in total. The highest BCUT2D eigenvalue weighted by Gasteiger charge is 2.21. The molecular formula is C22H21N5O4. The first-order valence-corrected chi connectivity index (χ1v) is 9.66. The number of aryl methyl sites for hydroxylation is 1. The van der Waals surface area contributed by atoms with Crippen molar-refractivity contribution in [1.82, 2.24) is 24.4 Å². The van der Waals surface area contributed by atoms with Crippen molar-refractivity contribution in [2.75, 3.05) is 14.2 Å². The van der Waals surface area contributed by atoms with Gasteiger partial charge in [-0.05, 0) is 43.3 Å². The molecule has 0 aliphatic rings. The van der Waals surface area contributed by atoms with E-state index >= 15 is 0 Å². The molecule has 0 unspecified atom stereocenters. The third-order valence-corrected chi connectivity index (χ3v) is 5.37. The van der Waals surface area contributed by atoms with E-state index in [0.717, 1.165) is 15.5 Å². The lowest BCUT2D eigenvalue weighted by atomic mass is 10.00. The average Bonchev–Trinajstić information content (AvgIpc) is 2.81. The number of aromatic nitrogens is 4. The predicted molar refractivity (Wildman–Crippen MR) is 116 cm³/mol. The molecule has 1 atom stereocenters. The fourth-order valence-electron chi connectivity index (χ4n) is 3.73. The molecule has 31 heavy (non-hydrogen) atoms. The maximum absolute atomic E-state index is 13.2. The number of hydrogen-bond donors (Lipinski definition) is 1. The van der Waals surface area contributed by atoms with Crippen LogP contribution < -0.4 is 16.6 Å². The van der Waals surface area contributed by atoms with Crippen LogP contribution in [0.1, 0.15) is 5.56 Å². The van der Waals surface area contributed by atoms with E-state index < -0.39 is 17.3 Å². The lowest BCUT2D eigenvalue weighted by Gasteiger charge is -2.17. The van der Waals surface area contributed by atoms with Crippen molar-refractivity contribution < 1.29 is 9.53 Å². The van der Waals surface area contributed by atoms with Gasteiger partial charge in [0.15, 0.2) is 5.52 Å². The average molecular weight is 419 g/mol. The van der Waals surface area contributed by atoms with E-state index in [9.17, 15) is 14.4 Å². The van der Waals surface area contributed by atoms with Crippen LogP contribution in [0.4, 0.5) is 0 Å². The quantitative estimate of drug-likeness (QED) is 0.480.